The molecule has 1 aliphatic carbocycles. The second-order valence-corrected chi connectivity index (χ2v) is 10.1. The first kappa shape index (κ1) is 19.3. The quantitative estimate of drug-likeness (QED) is 0.183. The lowest BCUT2D eigenvalue weighted by Crippen LogP contribution is -1.98. The van der Waals surface area contributed by atoms with Crippen molar-refractivity contribution >= 4 is 53.8 Å². The SMILES string of the molecule is Brc1ccc2c(c1)-c1ccccc1-c1ccccc1-c1cc(Br)c3oc4ccccc4c3c1-2. The van der Waals surface area contributed by atoms with E-state index in [9.17, 15) is 0 Å². The van der Waals surface area contributed by atoms with Gasteiger partial charge in [-0.25, -0.2) is 0 Å². The van der Waals surface area contributed by atoms with Crippen molar-refractivity contribution in [1.29, 1.82) is 0 Å². The van der Waals surface area contributed by atoms with Gasteiger partial charge in [-0.3, -0.25) is 0 Å². The first-order chi connectivity index (χ1) is 16.2. The maximum absolute atomic E-state index is 6.36. The molecule has 0 atom stereocenters. The summed E-state index contributed by atoms with van der Waals surface area (Å²) in [5.41, 5.74) is 11.6. The molecule has 0 saturated heterocycles. The van der Waals surface area contributed by atoms with E-state index in [0.29, 0.717) is 0 Å². The fourth-order valence-corrected chi connectivity index (χ4v) is 6.09. The molecule has 0 N–H and O–H groups in total. The van der Waals surface area contributed by atoms with Crippen molar-refractivity contribution in [2.45, 2.75) is 0 Å². The van der Waals surface area contributed by atoms with Gasteiger partial charge in [0, 0.05) is 20.8 Å². The average molecular weight is 552 g/mol. The van der Waals surface area contributed by atoms with Crippen molar-refractivity contribution in [2.24, 2.45) is 0 Å². The molecule has 1 nitrogen and oxygen atoms in total. The van der Waals surface area contributed by atoms with E-state index in [0.717, 1.165) is 30.9 Å². The van der Waals surface area contributed by atoms with Crippen molar-refractivity contribution < 1.29 is 4.42 Å². The Labute approximate surface area is 207 Å². The first-order valence-corrected chi connectivity index (χ1v) is 12.4. The van der Waals surface area contributed by atoms with Gasteiger partial charge in [-0.1, -0.05) is 88.7 Å². The summed E-state index contributed by atoms with van der Waals surface area (Å²) >= 11 is 7.56. The molecule has 1 aromatic heterocycles. The highest BCUT2D eigenvalue weighted by atomic mass is 79.9. The highest BCUT2D eigenvalue weighted by Crippen LogP contribution is 2.53. The van der Waals surface area contributed by atoms with Gasteiger partial charge in [0.15, 0.2) is 0 Å². The van der Waals surface area contributed by atoms with Crippen LogP contribution >= 0.6 is 31.9 Å². The molecule has 0 amide bonds. The predicted octanol–water partition coefficient (Wildman–Crippen LogP) is 10.1. The van der Waals surface area contributed by atoms with E-state index >= 15 is 0 Å². The van der Waals surface area contributed by atoms with E-state index in [1.165, 1.54) is 44.5 Å². The van der Waals surface area contributed by atoms with Gasteiger partial charge in [0.2, 0.25) is 0 Å². The maximum atomic E-state index is 6.36. The zero-order valence-corrected chi connectivity index (χ0v) is 20.6. The smallest absolute Gasteiger partial charge is 0.150 e. The second-order valence-electron chi connectivity index (χ2n) is 8.36. The summed E-state index contributed by atoms with van der Waals surface area (Å²) in [6, 6.07) is 34.6. The van der Waals surface area contributed by atoms with Crippen LogP contribution in [0.4, 0.5) is 0 Å². The molecule has 7 rings (SSSR count). The van der Waals surface area contributed by atoms with Crippen LogP contribution < -0.4 is 0 Å². The molecule has 5 aromatic carbocycles. The molecule has 6 aromatic rings. The van der Waals surface area contributed by atoms with E-state index < -0.39 is 0 Å². The van der Waals surface area contributed by atoms with Gasteiger partial charge in [-0.2, -0.15) is 0 Å². The normalized spacial score (nSPS) is 11.9. The van der Waals surface area contributed by atoms with Gasteiger partial charge in [-0.05, 0) is 79.1 Å². The summed E-state index contributed by atoms with van der Waals surface area (Å²) in [4.78, 5) is 0. The van der Waals surface area contributed by atoms with Crippen LogP contribution in [0.5, 0.6) is 0 Å². The monoisotopic (exact) mass is 550 g/mol. The van der Waals surface area contributed by atoms with E-state index in [2.05, 4.69) is 117 Å². The number of rotatable bonds is 0. The molecule has 1 aliphatic rings. The van der Waals surface area contributed by atoms with Crippen LogP contribution in [0.15, 0.2) is 110 Å². The summed E-state index contributed by atoms with van der Waals surface area (Å²) in [7, 11) is 0. The Morgan fingerprint density at radius 1 is 0.515 bits per heavy atom. The van der Waals surface area contributed by atoms with Crippen LogP contribution in [0.2, 0.25) is 0 Å². The van der Waals surface area contributed by atoms with Gasteiger partial charge >= 0.3 is 0 Å². The summed E-state index contributed by atoms with van der Waals surface area (Å²) in [6.07, 6.45) is 0. The molecule has 0 radical (unpaired) electrons. The molecule has 1 heterocycles. The second kappa shape index (κ2) is 7.18. The molecular weight excluding hydrogens is 536 g/mol. The standard InChI is InChI=1S/C30H16Br2O/c31-17-13-14-22-24(15-17)20-9-3-1-7-18(20)19-8-2-4-10-21(19)25-16-26(32)30-29(28(22)25)23-11-5-6-12-27(23)33-30/h1-16H. The molecule has 0 aliphatic heterocycles. The van der Waals surface area contributed by atoms with Gasteiger partial charge in [0.1, 0.15) is 11.2 Å². The molecule has 0 saturated carbocycles. The van der Waals surface area contributed by atoms with Gasteiger partial charge < -0.3 is 4.42 Å². The van der Waals surface area contributed by atoms with Crippen molar-refractivity contribution in [3.05, 3.63) is 106 Å². The number of hydrogen-bond donors (Lipinski definition) is 0. The number of furan rings is 1. The predicted molar refractivity (Wildman–Crippen MR) is 144 cm³/mol. The van der Waals surface area contributed by atoms with Crippen LogP contribution in [-0.2, 0) is 0 Å². The Bertz CT molecular complexity index is 1740. The molecule has 0 fully saturated rings. The third-order valence-corrected chi connectivity index (χ3v) is 7.66. The number of para-hydroxylation sites is 1. The topological polar surface area (TPSA) is 13.1 Å². The minimum absolute atomic E-state index is 0.884. The number of benzene rings is 5. The fourth-order valence-electron chi connectivity index (χ4n) is 5.22. The molecule has 156 valence electrons. The number of hydrogen-bond acceptors (Lipinski definition) is 1. The highest BCUT2D eigenvalue weighted by molar-refractivity contribution is 9.11. The Balaban J connectivity index is 1.78. The van der Waals surface area contributed by atoms with E-state index in [1.54, 1.807) is 0 Å². The molecule has 0 spiro atoms. The van der Waals surface area contributed by atoms with Crippen molar-refractivity contribution in [1.82, 2.24) is 0 Å². The maximum Gasteiger partial charge on any atom is 0.150 e. The lowest BCUT2D eigenvalue weighted by Gasteiger charge is -2.24. The van der Waals surface area contributed by atoms with Crippen LogP contribution in [0.3, 0.4) is 0 Å². The van der Waals surface area contributed by atoms with Crippen LogP contribution in [0.25, 0.3) is 66.4 Å². The van der Waals surface area contributed by atoms with E-state index in [-0.39, 0.29) is 0 Å². The van der Waals surface area contributed by atoms with Crippen LogP contribution in [-0.4, -0.2) is 0 Å². The minimum Gasteiger partial charge on any atom is -0.455 e. The van der Waals surface area contributed by atoms with Gasteiger partial charge in [-0.15, -0.1) is 0 Å². The summed E-state index contributed by atoms with van der Waals surface area (Å²) in [6.45, 7) is 0. The minimum atomic E-state index is 0.884. The Morgan fingerprint density at radius 3 is 1.85 bits per heavy atom. The third kappa shape index (κ3) is 2.76. The number of fused-ring (bicyclic) bond motifs is 12. The van der Waals surface area contributed by atoms with E-state index in [1.807, 2.05) is 12.1 Å². The van der Waals surface area contributed by atoms with Crippen molar-refractivity contribution in [3.63, 3.8) is 0 Å². The van der Waals surface area contributed by atoms with Gasteiger partial charge in [0.25, 0.3) is 0 Å². The van der Waals surface area contributed by atoms with Crippen molar-refractivity contribution in [2.75, 3.05) is 0 Å². The largest absolute Gasteiger partial charge is 0.455 e. The average Bonchev–Trinajstić information content (AvgIpc) is 3.24. The van der Waals surface area contributed by atoms with Gasteiger partial charge in [0.05, 0.1) is 4.47 Å². The number of halogens is 2. The lowest BCUT2D eigenvalue weighted by atomic mass is 9.79. The Hall–Kier alpha value is -3.14. The summed E-state index contributed by atoms with van der Waals surface area (Å²) in [5, 5.41) is 2.28. The lowest BCUT2D eigenvalue weighted by molar-refractivity contribution is 0.667. The third-order valence-electron chi connectivity index (χ3n) is 6.58. The molecule has 33 heavy (non-hydrogen) atoms. The first-order valence-electron chi connectivity index (χ1n) is 10.8. The summed E-state index contributed by atoms with van der Waals surface area (Å²) < 4.78 is 8.40. The molecule has 0 unspecified atom stereocenters. The summed E-state index contributed by atoms with van der Waals surface area (Å²) in [5.74, 6) is 0. The molecule has 0 bridgehead atoms. The van der Waals surface area contributed by atoms with Crippen LogP contribution in [0.1, 0.15) is 0 Å². The Morgan fingerprint density at radius 2 is 1.12 bits per heavy atom. The van der Waals surface area contributed by atoms with Crippen LogP contribution in [0, 0.1) is 0 Å². The fraction of sp³-hybridized carbons (Fsp3) is 0. The molecule has 3 heteroatoms. The molecular formula is C30H16Br2O. The Kier molecular flexibility index (Phi) is 4.21. The highest BCUT2D eigenvalue weighted by Gasteiger charge is 2.26. The zero-order valence-electron chi connectivity index (χ0n) is 17.4. The van der Waals surface area contributed by atoms with E-state index in [4.69, 9.17) is 4.42 Å². The zero-order chi connectivity index (χ0) is 22.1. The van der Waals surface area contributed by atoms with Crippen molar-refractivity contribution in [3.8, 4) is 44.5 Å².